The van der Waals surface area contributed by atoms with Crippen LogP contribution >= 0.6 is 7.36 Å². The van der Waals surface area contributed by atoms with Crippen LogP contribution < -0.4 is 4.74 Å². The Morgan fingerprint density at radius 1 is 1.10 bits per heavy atom. The Morgan fingerprint density at radius 3 is 2.07 bits per heavy atom. The van der Waals surface area contributed by atoms with Crippen molar-refractivity contribution in [1.82, 2.24) is 9.34 Å². The van der Waals surface area contributed by atoms with E-state index in [1.807, 2.05) is 6.92 Å². The van der Waals surface area contributed by atoms with Gasteiger partial charge >= 0.3 is 0 Å². The standard InChI is InChI=1S/C20H33N4O5P/c1-5-29-17-6-7-18(19(16-17)24(25)26)21-30(20(2,3)4,22-8-12-27-13-9-22)23-10-14-28-15-11-23/h6-7,16H,5,8-15H2,1-4H3. The topological polar surface area (TPSA) is 89.7 Å². The molecule has 0 aliphatic carbocycles. The minimum absolute atomic E-state index is 0.0175. The SMILES string of the molecule is CCOc1ccc(N=P(N2CCOCC2)(N2CCOCC2)C(C)(C)C)c([N+](=O)[O-])c1. The van der Waals surface area contributed by atoms with Crippen LogP contribution in [0.2, 0.25) is 0 Å². The van der Waals surface area contributed by atoms with Crippen molar-refractivity contribution >= 4 is 18.7 Å². The minimum atomic E-state index is -2.36. The first-order chi connectivity index (χ1) is 14.3. The van der Waals surface area contributed by atoms with Crippen molar-refractivity contribution in [2.75, 3.05) is 59.2 Å². The second-order valence-electron chi connectivity index (χ2n) is 8.31. The van der Waals surface area contributed by atoms with Gasteiger partial charge in [-0.3, -0.25) is 19.5 Å². The molecule has 168 valence electrons. The molecular weight excluding hydrogens is 407 g/mol. The molecule has 2 saturated heterocycles. The number of hydrogen-bond acceptors (Lipinski definition) is 6. The summed E-state index contributed by atoms with van der Waals surface area (Å²) in [7, 11) is -2.36. The molecule has 1 aromatic carbocycles. The average molecular weight is 440 g/mol. The molecule has 0 N–H and O–H groups in total. The van der Waals surface area contributed by atoms with E-state index in [0.717, 1.165) is 26.2 Å². The van der Waals surface area contributed by atoms with E-state index < -0.39 is 7.36 Å². The average Bonchev–Trinajstić information content (AvgIpc) is 2.73. The smallest absolute Gasteiger partial charge is 0.298 e. The highest BCUT2D eigenvalue weighted by Crippen LogP contribution is 2.68. The maximum Gasteiger partial charge on any atom is 0.298 e. The molecule has 0 radical (unpaired) electrons. The summed E-state index contributed by atoms with van der Waals surface area (Å²) in [5.74, 6) is 0.487. The summed E-state index contributed by atoms with van der Waals surface area (Å²) < 4.78 is 26.8. The van der Waals surface area contributed by atoms with Crippen LogP contribution in [0.3, 0.4) is 0 Å². The highest BCUT2D eigenvalue weighted by molar-refractivity contribution is 7.63. The normalized spacial score (nSPS) is 19.5. The van der Waals surface area contributed by atoms with E-state index in [4.69, 9.17) is 19.0 Å². The molecule has 0 amide bonds. The molecule has 30 heavy (non-hydrogen) atoms. The maximum absolute atomic E-state index is 11.9. The van der Waals surface area contributed by atoms with Crippen molar-refractivity contribution in [3.8, 4) is 5.75 Å². The highest BCUT2D eigenvalue weighted by atomic mass is 31.2. The molecule has 9 nitrogen and oxygen atoms in total. The molecule has 3 rings (SSSR count). The van der Waals surface area contributed by atoms with E-state index in [1.54, 1.807) is 12.1 Å². The van der Waals surface area contributed by atoms with Crippen molar-refractivity contribution in [2.45, 2.75) is 32.9 Å². The largest absolute Gasteiger partial charge is 0.494 e. The third kappa shape index (κ3) is 4.70. The van der Waals surface area contributed by atoms with Gasteiger partial charge in [0.05, 0.1) is 44.0 Å². The van der Waals surface area contributed by atoms with Gasteiger partial charge in [-0.15, -0.1) is 0 Å². The molecule has 0 unspecified atom stereocenters. The number of nitro benzene ring substituents is 1. The first-order valence-electron chi connectivity index (χ1n) is 10.5. The lowest BCUT2D eigenvalue weighted by atomic mass is 10.2. The van der Waals surface area contributed by atoms with Crippen LogP contribution in [-0.2, 0) is 9.47 Å². The van der Waals surface area contributed by atoms with Gasteiger partial charge in [0.1, 0.15) is 18.8 Å². The first-order valence-corrected chi connectivity index (χ1v) is 12.1. The molecule has 2 fully saturated rings. The Morgan fingerprint density at radius 2 is 1.63 bits per heavy atom. The summed E-state index contributed by atoms with van der Waals surface area (Å²) in [4.78, 5) is 11.5. The van der Waals surface area contributed by atoms with Crippen LogP contribution in [0.4, 0.5) is 11.4 Å². The molecule has 2 heterocycles. The maximum atomic E-state index is 11.9. The molecule has 0 aromatic heterocycles. The van der Waals surface area contributed by atoms with E-state index in [2.05, 4.69) is 30.1 Å². The Balaban J connectivity index is 2.23. The molecule has 0 spiro atoms. The molecule has 2 aliphatic heterocycles. The Labute approximate surface area is 178 Å². The van der Waals surface area contributed by atoms with Crippen molar-refractivity contribution in [2.24, 2.45) is 4.74 Å². The summed E-state index contributed by atoms with van der Waals surface area (Å²) in [6.07, 6.45) is 0. The third-order valence-corrected chi connectivity index (χ3v) is 10.0. The van der Waals surface area contributed by atoms with Gasteiger partial charge in [-0.25, -0.2) is 4.74 Å². The molecular formula is C20H33N4O5P. The minimum Gasteiger partial charge on any atom is -0.494 e. The zero-order valence-electron chi connectivity index (χ0n) is 18.4. The van der Waals surface area contributed by atoms with Gasteiger partial charge in [0.25, 0.3) is 5.69 Å². The highest BCUT2D eigenvalue weighted by Gasteiger charge is 2.45. The molecule has 2 aliphatic rings. The number of nitrogens with zero attached hydrogens (tertiary/aromatic N) is 4. The fraction of sp³-hybridized carbons (Fsp3) is 0.700. The zero-order valence-corrected chi connectivity index (χ0v) is 19.3. The van der Waals surface area contributed by atoms with E-state index in [0.29, 0.717) is 44.5 Å². The van der Waals surface area contributed by atoms with Gasteiger partial charge in [-0.2, -0.15) is 0 Å². The second-order valence-corrected chi connectivity index (χ2v) is 12.1. The van der Waals surface area contributed by atoms with E-state index in [1.165, 1.54) is 6.07 Å². The van der Waals surface area contributed by atoms with E-state index >= 15 is 0 Å². The quantitative estimate of drug-likeness (QED) is 0.373. The van der Waals surface area contributed by atoms with Crippen LogP contribution in [0.25, 0.3) is 0 Å². The summed E-state index contributed by atoms with van der Waals surface area (Å²) in [5, 5.41) is 11.7. The number of benzene rings is 1. The van der Waals surface area contributed by atoms with Crippen LogP contribution in [0, 0.1) is 10.1 Å². The van der Waals surface area contributed by atoms with Crippen molar-refractivity contribution in [1.29, 1.82) is 0 Å². The van der Waals surface area contributed by atoms with Crippen LogP contribution in [0.5, 0.6) is 5.75 Å². The summed E-state index contributed by atoms with van der Waals surface area (Å²) >= 11 is 0. The molecule has 0 bridgehead atoms. The molecule has 0 atom stereocenters. The lowest BCUT2D eigenvalue weighted by Crippen LogP contribution is -2.48. The number of ether oxygens (including phenoxy) is 3. The van der Waals surface area contributed by atoms with Crippen molar-refractivity contribution in [3.05, 3.63) is 28.3 Å². The van der Waals surface area contributed by atoms with Gasteiger partial charge in [0.2, 0.25) is 0 Å². The first kappa shape index (κ1) is 23.2. The van der Waals surface area contributed by atoms with Gasteiger partial charge < -0.3 is 14.2 Å². The predicted molar refractivity (Wildman–Crippen MR) is 118 cm³/mol. The van der Waals surface area contributed by atoms with Crippen LogP contribution in [0.1, 0.15) is 27.7 Å². The lowest BCUT2D eigenvalue weighted by Gasteiger charge is -2.52. The number of hydrogen-bond donors (Lipinski definition) is 0. The lowest BCUT2D eigenvalue weighted by molar-refractivity contribution is -0.384. The number of nitro groups is 1. The summed E-state index contributed by atoms with van der Waals surface area (Å²) in [6.45, 7) is 14.5. The van der Waals surface area contributed by atoms with Gasteiger partial charge in [0.15, 0.2) is 0 Å². The van der Waals surface area contributed by atoms with Gasteiger partial charge in [-0.1, -0.05) is 20.8 Å². The summed E-state index contributed by atoms with van der Waals surface area (Å²) in [5.41, 5.74) is 0.390. The van der Waals surface area contributed by atoms with Crippen LogP contribution in [0.15, 0.2) is 22.9 Å². The molecule has 1 aromatic rings. The van der Waals surface area contributed by atoms with E-state index in [-0.39, 0.29) is 15.8 Å². The van der Waals surface area contributed by atoms with Crippen molar-refractivity contribution < 1.29 is 19.1 Å². The molecule has 10 heteroatoms. The summed E-state index contributed by atoms with van der Waals surface area (Å²) in [6, 6.07) is 4.98. The van der Waals surface area contributed by atoms with Crippen LogP contribution in [-0.4, -0.2) is 78.6 Å². The second kappa shape index (κ2) is 9.75. The van der Waals surface area contributed by atoms with Crippen molar-refractivity contribution in [3.63, 3.8) is 0 Å². The van der Waals surface area contributed by atoms with Gasteiger partial charge in [0, 0.05) is 31.3 Å². The van der Waals surface area contributed by atoms with E-state index in [9.17, 15) is 10.1 Å². The Hall–Kier alpha value is -1.51. The fourth-order valence-electron chi connectivity index (χ4n) is 4.11. The van der Waals surface area contributed by atoms with Gasteiger partial charge in [-0.05, 0) is 19.1 Å². The fourth-order valence-corrected chi connectivity index (χ4v) is 8.63. The zero-order chi connectivity index (χ0) is 21.8. The molecule has 0 saturated carbocycles. The predicted octanol–water partition coefficient (Wildman–Crippen LogP) is 4.12. The number of morpholine rings is 2. The number of rotatable bonds is 6. The Bertz CT molecular complexity index is 777. The third-order valence-electron chi connectivity index (χ3n) is 5.37. The Kier molecular flexibility index (Phi) is 7.52. The monoisotopic (exact) mass is 440 g/mol.